The molecular weight excluding hydrogens is 653 g/mol. The molecule has 2 amide bonds. The van der Waals surface area contributed by atoms with Crippen LogP contribution < -0.4 is 45.3 Å². The molecule has 1 aliphatic rings. The first-order valence-corrected chi connectivity index (χ1v) is 14.6. The molecule has 3 aromatic carbocycles. The Hall–Kier alpha value is -2.98. The Morgan fingerprint density at radius 1 is 1.04 bits per heavy atom. The number of benzene rings is 3. The van der Waals surface area contributed by atoms with Gasteiger partial charge in [-0.2, -0.15) is 0 Å². The molecular formula is C32H32ClF2N2NaO9. The van der Waals surface area contributed by atoms with Gasteiger partial charge in [-0.05, 0) is 35.9 Å². The number of ether oxygens (including phenoxy) is 3. The van der Waals surface area contributed by atoms with Crippen LogP contribution in [0.5, 0.6) is 0 Å². The summed E-state index contributed by atoms with van der Waals surface area (Å²) >= 11 is 5.86. The molecule has 0 aliphatic carbocycles. The number of carbonyl (C=O) groups is 3. The predicted octanol–water partition coefficient (Wildman–Crippen LogP) is -1.38. The molecule has 0 radical (unpaired) electrons. The number of nitrogens with one attached hydrogen (secondary N) is 2. The second kappa shape index (κ2) is 17.4. The Labute approximate surface area is 296 Å². The van der Waals surface area contributed by atoms with Crippen LogP contribution in [0.4, 0.5) is 8.78 Å². The Morgan fingerprint density at radius 2 is 1.72 bits per heavy atom. The van der Waals surface area contributed by atoms with Crippen LogP contribution in [0.3, 0.4) is 0 Å². The van der Waals surface area contributed by atoms with Crippen molar-refractivity contribution < 1.29 is 82.3 Å². The number of rotatable bonds is 13. The van der Waals surface area contributed by atoms with E-state index in [2.05, 4.69) is 10.6 Å². The maximum atomic E-state index is 14.4. The number of carboxylic acid groups (broad SMARTS) is 1. The largest absolute Gasteiger partial charge is 1.00 e. The molecule has 4 rings (SSSR count). The summed E-state index contributed by atoms with van der Waals surface area (Å²) in [5.74, 6) is -8.36. The molecule has 3 aromatic rings. The van der Waals surface area contributed by atoms with Gasteiger partial charge in [0.2, 0.25) is 11.7 Å². The van der Waals surface area contributed by atoms with Crippen molar-refractivity contribution in [1.82, 2.24) is 10.6 Å². The molecule has 1 saturated heterocycles. The van der Waals surface area contributed by atoms with Crippen molar-refractivity contribution >= 4 is 29.4 Å². The standard InChI is InChI=1S/C32H33ClF2N2O9.Na/c1-18(38)37-27-25(44-16-19-6-3-2-4-7-19)14-32(31(42)43,45-17-21-8-5-9-23(34)26(21)35)46-29(27)28(40)24(39)15-36-30(41)20-10-12-22(33)13-11-20;/h2-13,24-25,27-29,39-40H,14-17H2,1H3,(H,36,41)(H,37,38)(H,42,43);/q;+1/p-1/t24-,25+,27-,28-,29-,32-;/m1./s1. The van der Waals surface area contributed by atoms with Crippen molar-refractivity contribution in [3.05, 3.63) is 106 Å². The van der Waals surface area contributed by atoms with Gasteiger partial charge in [0, 0.05) is 36.0 Å². The van der Waals surface area contributed by atoms with Crippen LogP contribution in [0.15, 0.2) is 72.8 Å². The van der Waals surface area contributed by atoms with E-state index in [0.717, 1.165) is 6.07 Å². The minimum absolute atomic E-state index is 0. The first-order chi connectivity index (χ1) is 21.9. The normalized spacial score (nSPS) is 22.0. The summed E-state index contributed by atoms with van der Waals surface area (Å²) in [7, 11) is 0. The summed E-state index contributed by atoms with van der Waals surface area (Å²) < 4.78 is 45.7. The average molecular weight is 685 g/mol. The fraction of sp³-hybridized carbons (Fsp3) is 0.344. The van der Waals surface area contributed by atoms with Gasteiger partial charge in [-0.25, -0.2) is 8.78 Å². The molecule has 1 heterocycles. The number of hydrogen-bond donors (Lipinski definition) is 4. The van der Waals surface area contributed by atoms with E-state index in [-0.39, 0.29) is 47.3 Å². The van der Waals surface area contributed by atoms with E-state index in [1.165, 1.54) is 43.3 Å². The molecule has 4 N–H and O–H groups in total. The predicted molar refractivity (Wildman–Crippen MR) is 157 cm³/mol. The van der Waals surface area contributed by atoms with Gasteiger partial charge in [-0.1, -0.05) is 54.1 Å². The van der Waals surface area contributed by atoms with E-state index in [1.807, 2.05) is 0 Å². The third-order valence-electron chi connectivity index (χ3n) is 7.34. The van der Waals surface area contributed by atoms with Crippen molar-refractivity contribution in [1.29, 1.82) is 0 Å². The smallest absolute Gasteiger partial charge is 0.544 e. The summed E-state index contributed by atoms with van der Waals surface area (Å²) in [4.78, 5) is 37.5. The van der Waals surface area contributed by atoms with Crippen molar-refractivity contribution in [3.8, 4) is 0 Å². The molecule has 47 heavy (non-hydrogen) atoms. The molecule has 0 aromatic heterocycles. The van der Waals surface area contributed by atoms with Crippen molar-refractivity contribution in [3.63, 3.8) is 0 Å². The first-order valence-electron chi connectivity index (χ1n) is 14.2. The summed E-state index contributed by atoms with van der Waals surface area (Å²) in [5, 5.41) is 40.3. The number of carbonyl (C=O) groups excluding carboxylic acids is 3. The molecule has 0 saturated carbocycles. The minimum atomic E-state index is -2.73. The van der Waals surface area contributed by atoms with Crippen LogP contribution in [0, 0.1) is 11.6 Å². The zero-order chi connectivity index (χ0) is 33.4. The molecule has 1 fully saturated rings. The zero-order valence-corrected chi connectivity index (χ0v) is 28.3. The third-order valence-corrected chi connectivity index (χ3v) is 7.59. The summed E-state index contributed by atoms with van der Waals surface area (Å²) in [6, 6.07) is 16.6. The van der Waals surface area contributed by atoms with Crippen LogP contribution in [0.2, 0.25) is 5.02 Å². The van der Waals surface area contributed by atoms with Gasteiger partial charge in [-0.3, -0.25) is 9.59 Å². The van der Waals surface area contributed by atoms with Crippen molar-refractivity contribution in [2.75, 3.05) is 6.54 Å². The molecule has 0 bridgehead atoms. The Bertz CT molecular complexity index is 1520. The van der Waals surface area contributed by atoms with Crippen LogP contribution >= 0.6 is 11.6 Å². The first kappa shape index (κ1) is 38.5. The molecule has 0 spiro atoms. The quantitative estimate of drug-likeness (QED) is 0.159. The molecule has 246 valence electrons. The van der Waals surface area contributed by atoms with E-state index < -0.39 is 85.2 Å². The number of halogens is 3. The fourth-order valence-electron chi connectivity index (χ4n) is 4.95. The molecule has 6 atom stereocenters. The summed E-state index contributed by atoms with van der Waals surface area (Å²) in [5.41, 5.74) is 0.552. The third kappa shape index (κ3) is 10.0. The van der Waals surface area contributed by atoms with Gasteiger partial charge in [0.25, 0.3) is 5.91 Å². The van der Waals surface area contributed by atoms with Gasteiger partial charge in [0.15, 0.2) is 11.6 Å². The SMILES string of the molecule is CC(=O)N[C@H]1[C@H]([C@H](O)[C@H](O)CNC(=O)c2ccc(Cl)cc2)O[C@@](OCc2cccc(F)c2F)(C(=O)[O-])C[C@@H]1OCc1ccccc1.[Na+]. The number of amides is 2. The van der Waals surface area contributed by atoms with E-state index in [1.54, 1.807) is 30.3 Å². The van der Waals surface area contributed by atoms with Crippen LogP contribution in [-0.4, -0.2) is 70.8 Å². The Balaban J connectivity index is 0.00000600. The number of aliphatic carboxylic acids is 1. The van der Waals surface area contributed by atoms with Gasteiger partial charge in [0.05, 0.1) is 31.5 Å². The van der Waals surface area contributed by atoms with Crippen molar-refractivity contribution in [2.24, 2.45) is 0 Å². The van der Waals surface area contributed by atoms with Crippen LogP contribution in [0.1, 0.15) is 34.8 Å². The monoisotopic (exact) mass is 684 g/mol. The van der Waals surface area contributed by atoms with Gasteiger partial charge in [0.1, 0.15) is 18.2 Å². The van der Waals surface area contributed by atoms with Crippen LogP contribution in [-0.2, 0) is 37.0 Å². The number of carboxylic acids is 1. The molecule has 1 aliphatic heterocycles. The van der Waals surface area contributed by atoms with Gasteiger partial charge < -0.3 is 45.0 Å². The molecule has 15 heteroatoms. The molecule has 0 unspecified atom stereocenters. The fourth-order valence-corrected chi connectivity index (χ4v) is 5.08. The minimum Gasteiger partial charge on any atom is -0.544 e. The van der Waals surface area contributed by atoms with Crippen molar-refractivity contribution in [2.45, 2.75) is 62.8 Å². The zero-order valence-electron chi connectivity index (χ0n) is 25.5. The topological polar surface area (TPSA) is 166 Å². The summed E-state index contributed by atoms with van der Waals surface area (Å²) in [6.45, 7) is -0.231. The maximum absolute atomic E-state index is 14.4. The number of aliphatic hydroxyl groups excluding tert-OH is 2. The van der Waals surface area contributed by atoms with E-state index in [0.29, 0.717) is 10.6 Å². The number of aliphatic hydroxyl groups is 2. The van der Waals surface area contributed by atoms with Crippen LogP contribution in [0.25, 0.3) is 0 Å². The summed E-state index contributed by atoms with van der Waals surface area (Å²) in [6.07, 6.45) is -7.35. The van der Waals surface area contributed by atoms with E-state index in [9.17, 15) is 38.5 Å². The maximum Gasteiger partial charge on any atom is 1.00 e. The van der Waals surface area contributed by atoms with Gasteiger partial charge >= 0.3 is 29.6 Å². The Kier molecular flexibility index (Phi) is 14.3. The molecule has 11 nitrogen and oxygen atoms in total. The second-order valence-corrected chi connectivity index (χ2v) is 11.1. The van der Waals surface area contributed by atoms with E-state index in [4.69, 9.17) is 25.8 Å². The Morgan fingerprint density at radius 3 is 2.36 bits per heavy atom. The average Bonchev–Trinajstić information content (AvgIpc) is 3.04. The number of hydrogen-bond acceptors (Lipinski definition) is 9. The van der Waals surface area contributed by atoms with Gasteiger partial charge in [-0.15, -0.1) is 0 Å². The second-order valence-electron chi connectivity index (χ2n) is 10.7. The van der Waals surface area contributed by atoms with E-state index >= 15 is 0 Å².